The Morgan fingerprint density at radius 3 is 2.49 bits per heavy atom. The highest BCUT2D eigenvalue weighted by Crippen LogP contribution is 2.56. The fraction of sp³-hybridized carbons (Fsp3) is 0.367. The Balaban J connectivity index is 1.60. The maximum Gasteiger partial charge on any atom is 0.150 e. The van der Waals surface area contributed by atoms with Gasteiger partial charge in [-0.3, -0.25) is 0 Å². The number of nitrogens with zero attached hydrogens (tertiary/aromatic N) is 2. The topological polar surface area (TPSA) is 79.7 Å². The van der Waals surface area contributed by atoms with E-state index >= 15 is 0 Å². The van der Waals surface area contributed by atoms with Crippen LogP contribution in [0.4, 0.5) is 5.69 Å². The van der Waals surface area contributed by atoms with E-state index in [2.05, 4.69) is 72.5 Å². The molecule has 2 heterocycles. The highest BCUT2D eigenvalue weighted by atomic mass is 35.5. The Hall–Kier alpha value is -2.73. The first-order valence-electron chi connectivity index (χ1n) is 12.8. The molecule has 5 rings (SSSR count). The van der Waals surface area contributed by atoms with Gasteiger partial charge < -0.3 is 21.8 Å². The quantitative estimate of drug-likeness (QED) is 0.161. The van der Waals surface area contributed by atoms with Gasteiger partial charge in [-0.05, 0) is 52.8 Å². The van der Waals surface area contributed by atoms with E-state index in [1.807, 2.05) is 30.3 Å². The Kier molecular flexibility index (Phi) is 6.90. The van der Waals surface area contributed by atoms with Crippen LogP contribution < -0.4 is 21.8 Å². The molecule has 0 aliphatic carbocycles. The highest BCUT2D eigenvalue weighted by Gasteiger charge is 2.57. The minimum Gasteiger partial charge on any atom is -0.382 e. The monoisotopic (exact) mass is 535 g/mol. The van der Waals surface area contributed by atoms with Gasteiger partial charge in [0.2, 0.25) is 0 Å². The average Bonchev–Trinajstić information content (AvgIpc) is 3.36. The number of amidine groups is 1. The van der Waals surface area contributed by atoms with E-state index in [0.29, 0.717) is 5.84 Å². The molecule has 0 bridgehead atoms. The summed E-state index contributed by atoms with van der Waals surface area (Å²) in [4.78, 5) is 2.49. The van der Waals surface area contributed by atoms with E-state index in [0.717, 1.165) is 41.7 Å². The van der Waals surface area contributed by atoms with Crippen LogP contribution in [-0.4, -0.2) is 25.0 Å². The fourth-order valence-electron chi connectivity index (χ4n) is 6.33. The molecule has 2 aliphatic heterocycles. The molecule has 37 heavy (non-hydrogen) atoms. The van der Waals surface area contributed by atoms with Crippen molar-refractivity contribution in [3.05, 3.63) is 99.0 Å². The summed E-state index contributed by atoms with van der Waals surface area (Å²) in [5.41, 5.74) is 11.6. The molecule has 3 aromatic rings. The molecule has 194 valence electrons. The van der Waals surface area contributed by atoms with Gasteiger partial charge in [-0.2, -0.15) is 5.10 Å². The molecular weight excluding hydrogens is 501 g/mol. The van der Waals surface area contributed by atoms with Crippen LogP contribution in [-0.2, 0) is 12.0 Å². The Labute approximate surface area is 229 Å². The van der Waals surface area contributed by atoms with E-state index in [1.54, 1.807) is 0 Å². The van der Waals surface area contributed by atoms with Gasteiger partial charge in [0.1, 0.15) is 5.84 Å². The molecule has 0 saturated carbocycles. The molecule has 2 aliphatic rings. The number of nitrogens with two attached hydrogens (primary N) is 2. The number of hydrogen-bond donors (Lipinski definition) is 3. The van der Waals surface area contributed by atoms with Crippen LogP contribution in [0.25, 0.3) is 0 Å². The van der Waals surface area contributed by atoms with Crippen LogP contribution in [0.5, 0.6) is 0 Å². The van der Waals surface area contributed by atoms with E-state index in [4.69, 9.17) is 34.8 Å². The predicted octanol–water partition coefficient (Wildman–Crippen LogP) is 6.02. The lowest BCUT2D eigenvalue weighted by molar-refractivity contribution is 0.256. The first-order chi connectivity index (χ1) is 17.6. The van der Waals surface area contributed by atoms with E-state index in [1.165, 1.54) is 22.4 Å². The van der Waals surface area contributed by atoms with Crippen molar-refractivity contribution in [2.24, 2.45) is 22.1 Å². The SMILES string of the molecule is CC(C)(C)C[C@@H]1NC[C@H](c2ccccc2Cl)[C@]12CN(Cc1ccc(C(N)=NN)cc1)c1ccc(Cl)cc12. The van der Waals surface area contributed by atoms with Gasteiger partial charge in [-0.15, -0.1) is 0 Å². The number of benzene rings is 3. The largest absolute Gasteiger partial charge is 0.382 e. The van der Waals surface area contributed by atoms with Crippen LogP contribution in [0.3, 0.4) is 0 Å². The zero-order chi connectivity index (χ0) is 26.4. The van der Waals surface area contributed by atoms with Gasteiger partial charge in [-0.25, -0.2) is 0 Å². The maximum absolute atomic E-state index is 6.83. The predicted molar refractivity (Wildman–Crippen MR) is 156 cm³/mol. The molecule has 0 aromatic heterocycles. The number of nitrogens with one attached hydrogen (secondary N) is 1. The number of hydrogen-bond acceptors (Lipinski definition) is 4. The van der Waals surface area contributed by atoms with Crippen molar-refractivity contribution in [3.63, 3.8) is 0 Å². The van der Waals surface area contributed by atoms with Gasteiger partial charge in [-0.1, -0.05) is 86.4 Å². The molecule has 0 radical (unpaired) electrons. The summed E-state index contributed by atoms with van der Waals surface area (Å²) in [5, 5.41) is 9.12. The van der Waals surface area contributed by atoms with Crippen molar-refractivity contribution in [1.82, 2.24) is 5.32 Å². The van der Waals surface area contributed by atoms with E-state index in [9.17, 15) is 0 Å². The summed E-state index contributed by atoms with van der Waals surface area (Å²) in [6.45, 7) is 9.46. The van der Waals surface area contributed by atoms with Gasteiger partial charge in [0, 0.05) is 58.3 Å². The second-order valence-corrected chi connectivity index (χ2v) is 12.4. The Morgan fingerprint density at radius 2 is 1.81 bits per heavy atom. The molecule has 1 fully saturated rings. The second-order valence-electron chi connectivity index (χ2n) is 11.6. The number of hydrazone groups is 1. The first-order valence-corrected chi connectivity index (χ1v) is 13.5. The molecular formula is C30H35Cl2N5. The smallest absolute Gasteiger partial charge is 0.150 e. The molecule has 0 amide bonds. The van der Waals surface area contributed by atoms with Crippen molar-refractivity contribution in [2.45, 2.75) is 51.1 Å². The number of anilines is 1. The number of rotatable bonds is 5. The first kappa shape index (κ1) is 25.9. The average molecular weight is 537 g/mol. The van der Waals surface area contributed by atoms with Gasteiger partial charge in [0.05, 0.1) is 0 Å². The van der Waals surface area contributed by atoms with Crippen molar-refractivity contribution >= 4 is 34.7 Å². The normalized spacial score (nSPS) is 23.6. The minimum atomic E-state index is -0.172. The summed E-state index contributed by atoms with van der Waals surface area (Å²) < 4.78 is 0. The van der Waals surface area contributed by atoms with Crippen LogP contribution in [0.15, 0.2) is 71.8 Å². The lowest BCUT2D eigenvalue weighted by Crippen LogP contribution is -2.48. The number of halogens is 2. The van der Waals surface area contributed by atoms with Gasteiger partial charge in [0.25, 0.3) is 0 Å². The lowest BCUT2D eigenvalue weighted by atomic mass is 9.64. The summed E-state index contributed by atoms with van der Waals surface area (Å²) in [6.07, 6.45) is 1.04. The Morgan fingerprint density at radius 1 is 1.08 bits per heavy atom. The third kappa shape index (κ3) is 4.81. The third-order valence-corrected chi connectivity index (χ3v) is 8.50. The second kappa shape index (κ2) is 9.86. The summed E-state index contributed by atoms with van der Waals surface area (Å²) >= 11 is 13.5. The van der Waals surface area contributed by atoms with Crippen LogP contribution in [0.2, 0.25) is 10.0 Å². The molecule has 3 atom stereocenters. The van der Waals surface area contributed by atoms with E-state index in [-0.39, 0.29) is 22.8 Å². The zero-order valence-corrected chi connectivity index (χ0v) is 23.2. The van der Waals surface area contributed by atoms with Crippen molar-refractivity contribution in [2.75, 3.05) is 18.0 Å². The third-order valence-electron chi connectivity index (χ3n) is 7.92. The molecule has 1 saturated heterocycles. The van der Waals surface area contributed by atoms with Crippen molar-refractivity contribution < 1.29 is 0 Å². The van der Waals surface area contributed by atoms with Gasteiger partial charge >= 0.3 is 0 Å². The summed E-state index contributed by atoms with van der Waals surface area (Å²) in [6, 6.07) is 23.1. The van der Waals surface area contributed by atoms with Gasteiger partial charge in [0.15, 0.2) is 0 Å². The van der Waals surface area contributed by atoms with E-state index < -0.39 is 0 Å². The lowest BCUT2D eigenvalue weighted by Gasteiger charge is -2.40. The summed E-state index contributed by atoms with van der Waals surface area (Å²) in [7, 11) is 0. The highest BCUT2D eigenvalue weighted by molar-refractivity contribution is 6.31. The number of fused-ring (bicyclic) bond motifs is 2. The van der Waals surface area contributed by atoms with Crippen molar-refractivity contribution in [3.8, 4) is 0 Å². The molecule has 7 heteroatoms. The fourth-order valence-corrected chi connectivity index (χ4v) is 6.77. The molecule has 1 spiro atoms. The summed E-state index contributed by atoms with van der Waals surface area (Å²) in [5.74, 6) is 5.91. The molecule has 5 nitrogen and oxygen atoms in total. The maximum atomic E-state index is 6.83. The van der Waals surface area contributed by atoms with Crippen LogP contribution in [0, 0.1) is 5.41 Å². The molecule has 3 aromatic carbocycles. The Bertz CT molecular complexity index is 1310. The molecule has 5 N–H and O–H groups in total. The molecule has 0 unspecified atom stereocenters. The van der Waals surface area contributed by atoms with Crippen LogP contribution in [0.1, 0.15) is 55.4 Å². The zero-order valence-electron chi connectivity index (χ0n) is 21.6. The standard InChI is InChI=1S/C30H35Cl2N5/c1-29(2,3)15-27-30(24(16-35-27)22-6-4-5-7-25(22)32)18-37(26-13-12-21(31)14-23(26)30)17-19-8-10-20(11-9-19)28(33)36-34/h4-14,24,27,35H,15-18,34H2,1-3H3,(H2,33,36)/t24-,27+,30-/m1/s1. The van der Waals surface area contributed by atoms with Crippen LogP contribution >= 0.6 is 23.2 Å². The van der Waals surface area contributed by atoms with Crippen molar-refractivity contribution in [1.29, 1.82) is 0 Å². The minimum absolute atomic E-state index is 0.159.